The fourth-order valence-electron chi connectivity index (χ4n) is 4.43. The number of aromatic amines is 1. The predicted molar refractivity (Wildman–Crippen MR) is 146 cm³/mol. The van der Waals surface area contributed by atoms with E-state index in [-0.39, 0.29) is 22.8 Å². The molecule has 0 aliphatic carbocycles. The summed E-state index contributed by atoms with van der Waals surface area (Å²) < 4.78 is 25.6. The van der Waals surface area contributed by atoms with Crippen molar-refractivity contribution in [3.63, 3.8) is 0 Å². The molecule has 3 atom stereocenters. The number of rotatable bonds is 9. The molecule has 0 bridgehead atoms. The molecule has 0 fully saturated rings. The molecule has 216 valence electrons. The van der Waals surface area contributed by atoms with Gasteiger partial charge in [-0.1, -0.05) is 11.6 Å². The molecule has 11 nitrogen and oxygen atoms in total. The molecule has 13 heteroatoms. The van der Waals surface area contributed by atoms with Crippen molar-refractivity contribution in [1.82, 2.24) is 20.6 Å². The third-order valence-corrected chi connectivity index (χ3v) is 6.87. The van der Waals surface area contributed by atoms with Crippen LogP contribution in [0.3, 0.4) is 0 Å². The van der Waals surface area contributed by atoms with Crippen LogP contribution in [0.1, 0.15) is 58.8 Å². The van der Waals surface area contributed by atoms with E-state index in [1.807, 2.05) is 0 Å². The molecule has 0 radical (unpaired) electrons. The van der Waals surface area contributed by atoms with Crippen molar-refractivity contribution >= 4 is 35.2 Å². The van der Waals surface area contributed by atoms with E-state index in [2.05, 4.69) is 20.6 Å². The highest BCUT2D eigenvalue weighted by atomic mass is 35.5. The quantitative estimate of drug-likeness (QED) is 0.220. The fraction of sp³-hybridized carbons (Fsp3) is 0.321. The average Bonchev–Trinajstić information content (AvgIpc) is 3.43. The lowest BCUT2D eigenvalue weighted by atomic mass is 9.85. The zero-order valence-electron chi connectivity index (χ0n) is 22.5. The van der Waals surface area contributed by atoms with Crippen molar-refractivity contribution in [3.05, 3.63) is 82.1 Å². The molecule has 0 saturated carbocycles. The molecule has 41 heavy (non-hydrogen) atoms. The van der Waals surface area contributed by atoms with Gasteiger partial charge in [-0.2, -0.15) is 0 Å². The molecule has 2 amide bonds. The molecule has 1 aliphatic rings. The fourth-order valence-corrected chi connectivity index (χ4v) is 4.61. The van der Waals surface area contributed by atoms with Crippen LogP contribution in [-0.4, -0.2) is 57.8 Å². The van der Waals surface area contributed by atoms with E-state index in [4.69, 9.17) is 26.8 Å². The minimum Gasteiger partial charge on any atom is -0.484 e. The van der Waals surface area contributed by atoms with Crippen LogP contribution in [-0.2, 0) is 20.7 Å². The molecule has 1 aromatic heterocycles. The van der Waals surface area contributed by atoms with Crippen molar-refractivity contribution < 1.29 is 33.0 Å². The van der Waals surface area contributed by atoms with Crippen LogP contribution >= 0.6 is 11.6 Å². The van der Waals surface area contributed by atoms with Crippen LogP contribution in [0.15, 0.2) is 48.9 Å². The number of Topliss-reactive ketones (excluding diaryl/α,β-unsaturated/α-hetero) is 1. The second-order valence-corrected chi connectivity index (χ2v) is 10.5. The van der Waals surface area contributed by atoms with Crippen molar-refractivity contribution in [1.29, 1.82) is 0 Å². The van der Waals surface area contributed by atoms with E-state index in [1.165, 1.54) is 31.6 Å². The molecule has 0 saturated heterocycles. The van der Waals surface area contributed by atoms with Gasteiger partial charge < -0.3 is 30.8 Å². The number of halogens is 2. The van der Waals surface area contributed by atoms with Crippen LogP contribution in [0.5, 0.6) is 5.75 Å². The van der Waals surface area contributed by atoms with Crippen LogP contribution in [0.25, 0.3) is 0 Å². The van der Waals surface area contributed by atoms with Crippen LogP contribution in [0.2, 0.25) is 5.02 Å². The lowest BCUT2D eigenvalue weighted by molar-refractivity contribution is -0.164. The molecule has 2 aromatic carbocycles. The number of benzene rings is 2. The van der Waals surface area contributed by atoms with Gasteiger partial charge in [0.2, 0.25) is 5.91 Å². The maximum Gasteiger partial charge on any atom is 0.325 e. The molecule has 3 aromatic rings. The first-order valence-corrected chi connectivity index (χ1v) is 13.0. The predicted octanol–water partition coefficient (Wildman–Crippen LogP) is 2.64. The molecule has 0 spiro atoms. The highest BCUT2D eigenvalue weighted by Crippen LogP contribution is 2.42. The summed E-state index contributed by atoms with van der Waals surface area (Å²) in [5.74, 6) is -2.57. The Morgan fingerprint density at radius 2 is 1.93 bits per heavy atom. The Morgan fingerprint density at radius 3 is 2.59 bits per heavy atom. The highest BCUT2D eigenvalue weighted by molar-refractivity contribution is 6.31. The number of imidazole rings is 1. The number of nitrogens with two attached hydrogens (primary N) is 1. The molecule has 0 unspecified atom stereocenters. The Balaban J connectivity index is 1.56. The second kappa shape index (κ2) is 12.1. The maximum atomic E-state index is 13.7. The third kappa shape index (κ3) is 6.90. The Kier molecular flexibility index (Phi) is 8.74. The Labute approximate surface area is 239 Å². The number of amides is 2. The Bertz CT molecular complexity index is 1480. The Hall–Kier alpha value is -4.29. The number of fused-ring (bicyclic) bond motifs is 1. The Morgan fingerprint density at radius 1 is 1.20 bits per heavy atom. The number of aromatic nitrogens is 2. The molecular formula is C28H29ClFN5O6. The minimum atomic E-state index is -1.17. The lowest BCUT2D eigenvalue weighted by Gasteiger charge is -2.44. The first-order chi connectivity index (χ1) is 19.4. The van der Waals surface area contributed by atoms with E-state index >= 15 is 0 Å². The highest BCUT2D eigenvalue weighted by Gasteiger charge is 2.47. The van der Waals surface area contributed by atoms with Crippen molar-refractivity contribution in [2.24, 2.45) is 5.73 Å². The topological polar surface area (TPSA) is 165 Å². The summed E-state index contributed by atoms with van der Waals surface area (Å²) in [6.07, 6.45) is 2.07. The molecule has 1 aliphatic heterocycles. The summed E-state index contributed by atoms with van der Waals surface area (Å²) in [5, 5.41) is 5.03. The van der Waals surface area contributed by atoms with Gasteiger partial charge in [0.15, 0.2) is 11.9 Å². The summed E-state index contributed by atoms with van der Waals surface area (Å²) in [7, 11) is 0. The van der Waals surface area contributed by atoms with Crippen LogP contribution < -0.4 is 21.1 Å². The number of ketones is 1. The van der Waals surface area contributed by atoms with Gasteiger partial charge in [0, 0.05) is 35.0 Å². The number of carbonyl (C=O) groups excluding carboxylic acids is 4. The van der Waals surface area contributed by atoms with Gasteiger partial charge in [-0.3, -0.25) is 19.2 Å². The number of esters is 1. The van der Waals surface area contributed by atoms with Gasteiger partial charge in [0.25, 0.3) is 5.91 Å². The SMILES string of the molecule is CC(=O)c1ccc2c(c1)[C@@H](NC(=O)c1ccc(F)c(Cl)c1)[C@H](OC(=O)CNC(=O)[C@@H](N)Cc1cnc[nH]1)C(C)(C)O2. The first-order valence-electron chi connectivity index (χ1n) is 12.7. The van der Waals surface area contributed by atoms with Gasteiger partial charge in [-0.25, -0.2) is 9.37 Å². The van der Waals surface area contributed by atoms with Crippen molar-refractivity contribution in [2.75, 3.05) is 6.54 Å². The van der Waals surface area contributed by atoms with Crippen molar-refractivity contribution in [3.8, 4) is 5.75 Å². The molecular weight excluding hydrogens is 557 g/mol. The summed E-state index contributed by atoms with van der Waals surface area (Å²) >= 11 is 5.87. The van der Waals surface area contributed by atoms with Gasteiger partial charge in [0.05, 0.1) is 23.4 Å². The molecule has 5 N–H and O–H groups in total. The number of ether oxygens (including phenoxy) is 2. The van der Waals surface area contributed by atoms with Gasteiger partial charge in [0.1, 0.15) is 23.7 Å². The molecule has 2 heterocycles. The van der Waals surface area contributed by atoms with Gasteiger partial charge in [-0.15, -0.1) is 0 Å². The minimum absolute atomic E-state index is 0.0635. The molecule has 4 rings (SSSR count). The maximum absolute atomic E-state index is 13.7. The largest absolute Gasteiger partial charge is 0.484 e. The second-order valence-electron chi connectivity index (χ2n) is 10.1. The van der Waals surface area contributed by atoms with E-state index in [1.54, 1.807) is 32.0 Å². The van der Waals surface area contributed by atoms with Crippen LogP contribution in [0, 0.1) is 5.82 Å². The van der Waals surface area contributed by atoms with E-state index in [0.717, 1.165) is 6.07 Å². The smallest absolute Gasteiger partial charge is 0.325 e. The number of hydrogen-bond acceptors (Lipinski definition) is 8. The third-order valence-electron chi connectivity index (χ3n) is 6.58. The normalized spacial score (nSPS) is 17.9. The van der Waals surface area contributed by atoms with Crippen LogP contribution in [0.4, 0.5) is 4.39 Å². The number of nitrogens with zero attached hydrogens (tertiary/aromatic N) is 1. The number of carbonyl (C=O) groups is 4. The van der Waals surface area contributed by atoms with Crippen molar-refractivity contribution in [2.45, 2.75) is 51.0 Å². The van der Waals surface area contributed by atoms with E-state index in [0.29, 0.717) is 22.6 Å². The lowest BCUT2D eigenvalue weighted by Crippen LogP contribution is -2.56. The summed E-state index contributed by atoms with van der Waals surface area (Å²) in [6, 6.07) is 6.29. The number of nitrogens with one attached hydrogen (secondary N) is 3. The zero-order valence-corrected chi connectivity index (χ0v) is 23.3. The summed E-state index contributed by atoms with van der Waals surface area (Å²) in [4.78, 5) is 57.5. The average molecular weight is 586 g/mol. The van der Waals surface area contributed by atoms with E-state index in [9.17, 15) is 23.6 Å². The summed E-state index contributed by atoms with van der Waals surface area (Å²) in [6.45, 7) is 4.22. The standard InChI is InChI=1S/C28H29ClFN5O6/c1-14(36)15-5-7-22-18(8-15)24(35-26(38)16-4-6-20(30)19(29)9-16)25(28(2,3)41-22)40-23(37)12-33-27(39)21(31)10-17-11-32-13-34-17/h4-9,11,13,21,24-25H,10,12,31H2,1-3H3,(H,32,34)(H,33,39)(H,35,38)/t21-,24+,25-/m0/s1. The zero-order chi connectivity index (χ0) is 29.9. The first kappa shape index (κ1) is 29.7. The monoisotopic (exact) mass is 585 g/mol. The number of H-pyrrole nitrogens is 1. The van der Waals surface area contributed by atoms with E-state index < -0.39 is 53.9 Å². The number of hydrogen-bond donors (Lipinski definition) is 4. The van der Waals surface area contributed by atoms with Gasteiger partial charge in [-0.05, 0) is 57.2 Å². The van der Waals surface area contributed by atoms with Gasteiger partial charge >= 0.3 is 5.97 Å². The summed E-state index contributed by atoms with van der Waals surface area (Å²) in [5.41, 5.74) is 6.21.